The first-order valence-corrected chi connectivity index (χ1v) is 6.37. The number of hydrogen-bond acceptors (Lipinski definition) is 3. The summed E-state index contributed by atoms with van der Waals surface area (Å²) in [6.07, 6.45) is 5.83. The lowest BCUT2D eigenvalue weighted by Crippen LogP contribution is -2.37. The van der Waals surface area contributed by atoms with Gasteiger partial charge in [0.1, 0.15) is 5.76 Å². The zero-order chi connectivity index (χ0) is 11.9. The fourth-order valence-corrected chi connectivity index (χ4v) is 2.12. The van der Waals surface area contributed by atoms with Gasteiger partial charge in [0.2, 0.25) is 5.91 Å². The van der Waals surface area contributed by atoms with Crippen molar-refractivity contribution in [3.63, 3.8) is 0 Å². The highest BCUT2D eigenvalue weighted by atomic mass is 16.3. The number of hydrogen-bond donors (Lipinski definition) is 1. The molecule has 17 heavy (non-hydrogen) atoms. The maximum atomic E-state index is 11.8. The van der Waals surface area contributed by atoms with E-state index in [-0.39, 0.29) is 5.91 Å². The summed E-state index contributed by atoms with van der Waals surface area (Å²) < 4.78 is 5.20. The summed E-state index contributed by atoms with van der Waals surface area (Å²) in [5.74, 6) is 1.19. The van der Waals surface area contributed by atoms with Gasteiger partial charge in [-0.3, -0.25) is 4.79 Å². The SMILES string of the molecule is O=C(CCNCc1ccco1)N1CCCCC1. The minimum Gasteiger partial charge on any atom is -0.468 e. The molecule has 0 bridgehead atoms. The maximum Gasteiger partial charge on any atom is 0.223 e. The van der Waals surface area contributed by atoms with Crippen LogP contribution in [0.25, 0.3) is 0 Å². The standard InChI is InChI=1S/C13H20N2O2/c16-13(15-8-2-1-3-9-15)6-7-14-11-12-5-4-10-17-12/h4-5,10,14H,1-3,6-9,11H2. The van der Waals surface area contributed by atoms with Gasteiger partial charge in [-0.25, -0.2) is 0 Å². The monoisotopic (exact) mass is 236 g/mol. The molecule has 1 N–H and O–H groups in total. The van der Waals surface area contributed by atoms with E-state index in [9.17, 15) is 4.79 Å². The normalized spacial score (nSPS) is 16.1. The van der Waals surface area contributed by atoms with E-state index in [4.69, 9.17) is 4.42 Å². The predicted molar refractivity (Wildman–Crippen MR) is 65.5 cm³/mol. The number of carbonyl (C=O) groups is 1. The molecule has 4 nitrogen and oxygen atoms in total. The number of nitrogens with zero attached hydrogens (tertiary/aromatic N) is 1. The Labute approximate surface area is 102 Å². The molecule has 1 aliphatic heterocycles. The Morgan fingerprint density at radius 2 is 2.18 bits per heavy atom. The van der Waals surface area contributed by atoms with Crippen molar-refractivity contribution in [3.8, 4) is 0 Å². The molecule has 0 unspecified atom stereocenters. The lowest BCUT2D eigenvalue weighted by Gasteiger charge is -2.26. The van der Waals surface area contributed by atoms with Crippen molar-refractivity contribution >= 4 is 5.91 Å². The predicted octanol–water partition coefficient (Wildman–Crippen LogP) is 1.77. The molecular formula is C13H20N2O2. The van der Waals surface area contributed by atoms with Gasteiger partial charge < -0.3 is 14.6 Å². The fourth-order valence-electron chi connectivity index (χ4n) is 2.12. The van der Waals surface area contributed by atoms with E-state index >= 15 is 0 Å². The van der Waals surface area contributed by atoms with Gasteiger partial charge in [0.05, 0.1) is 12.8 Å². The van der Waals surface area contributed by atoms with Gasteiger partial charge in [-0.05, 0) is 31.4 Å². The number of rotatable bonds is 5. The van der Waals surface area contributed by atoms with Crippen LogP contribution in [0.2, 0.25) is 0 Å². The van der Waals surface area contributed by atoms with Gasteiger partial charge in [0.15, 0.2) is 0 Å². The quantitative estimate of drug-likeness (QED) is 0.792. The number of piperidine rings is 1. The number of likely N-dealkylation sites (tertiary alicyclic amines) is 1. The first kappa shape index (κ1) is 12.2. The second-order valence-electron chi connectivity index (χ2n) is 4.45. The molecule has 1 aromatic heterocycles. The van der Waals surface area contributed by atoms with Crippen molar-refractivity contribution in [2.45, 2.75) is 32.2 Å². The molecule has 1 aliphatic rings. The van der Waals surface area contributed by atoms with Crippen molar-refractivity contribution in [1.82, 2.24) is 10.2 Å². The molecule has 0 atom stereocenters. The van der Waals surface area contributed by atoms with Crippen LogP contribution in [-0.2, 0) is 11.3 Å². The van der Waals surface area contributed by atoms with Crippen LogP contribution >= 0.6 is 0 Å². The third kappa shape index (κ3) is 3.89. The number of carbonyl (C=O) groups excluding carboxylic acids is 1. The minimum atomic E-state index is 0.275. The molecule has 0 spiro atoms. The molecule has 1 aromatic rings. The fraction of sp³-hybridized carbons (Fsp3) is 0.615. The van der Waals surface area contributed by atoms with Gasteiger partial charge >= 0.3 is 0 Å². The molecule has 0 aliphatic carbocycles. The highest BCUT2D eigenvalue weighted by Crippen LogP contribution is 2.09. The van der Waals surface area contributed by atoms with Crippen LogP contribution in [0.4, 0.5) is 0 Å². The summed E-state index contributed by atoms with van der Waals surface area (Å²) >= 11 is 0. The third-order valence-corrected chi connectivity index (χ3v) is 3.10. The number of nitrogens with one attached hydrogen (secondary N) is 1. The van der Waals surface area contributed by atoms with Crippen LogP contribution in [-0.4, -0.2) is 30.4 Å². The largest absolute Gasteiger partial charge is 0.468 e. The van der Waals surface area contributed by atoms with E-state index in [1.165, 1.54) is 6.42 Å². The highest BCUT2D eigenvalue weighted by Gasteiger charge is 2.15. The van der Waals surface area contributed by atoms with Crippen LogP contribution in [0.5, 0.6) is 0 Å². The molecule has 2 heterocycles. The number of furan rings is 1. The summed E-state index contributed by atoms with van der Waals surface area (Å²) in [6, 6.07) is 3.80. The van der Waals surface area contributed by atoms with Crippen LogP contribution in [0, 0.1) is 0 Å². The summed E-state index contributed by atoms with van der Waals surface area (Å²) in [6.45, 7) is 3.30. The highest BCUT2D eigenvalue weighted by molar-refractivity contribution is 5.76. The van der Waals surface area contributed by atoms with Crippen LogP contribution in [0.3, 0.4) is 0 Å². The Kier molecular flexibility index (Phi) is 4.62. The molecule has 2 rings (SSSR count). The van der Waals surface area contributed by atoms with Gasteiger partial charge in [-0.2, -0.15) is 0 Å². The van der Waals surface area contributed by atoms with Gasteiger partial charge in [-0.1, -0.05) is 0 Å². The zero-order valence-electron chi connectivity index (χ0n) is 10.2. The van der Waals surface area contributed by atoms with Crippen LogP contribution in [0.1, 0.15) is 31.4 Å². The van der Waals surface area contributed by atoms with E-state index in [0.717, 1.165) is 38.2 Å². The molecular weight excluding hydrogens is 216 g/mol. The van der Waals surface area contributed by atoms with Crippen LogP contribution < -0.4 is 5.32 Å². The van der Waals surface area contributed by atoms with Crippen molar-refractivity contribution in [1.29, 1.82) is 0 Å². The Morgan fingerprint density at radius 3 is 2.88 bits per heavy atom. The summed E-state index contributed by atoms with van der Waals surface area (Å²) in [7, 11) is 0. The van der Waals surface area contributed by atoms with Crippen molar-refractivity contribution in [2.24, 2.45) is 0 Å². The molecule has 0 radical (unpaired) electrons. The van der Waals surface area contributed by atoms with E-state index in [1.807, 2.05) is 17.0 Å². The average Bonchev–Trinajstić information content (AvgIpc) is 2.88. The van der Waals surface area contributed by atoms with Gasteiger partial charge in [-0.15, -0.1) is 0 Å². The Balaban J connectivity index is 1.59. The lowest BCUT2D eigenvalue weighted by molar-refractivity contribution is -0.131. The smallest absolute Gasteiger partial charge is 0.223 e. The third-order valence-electron chi connectivity index (χ3n) is 3.10. The summed E-state index contributed by atoms with van der Waals surface area (Å²) in [5.41, 5.74) is 0. The topological polar surface area (TPSA) is 45.5 Å². The molecule has 1 fully saturated rings. The zero-order valence-corrected chi connectivity index (χ0v) is 10.2. The van der Waals surface area contributed by atoms with E-state index in [2.05, 4.69) is 5.32 Å². The molecule has 1 amide bonds. The van der Waals surface area contributed by atoms with Crippen molar-refractivity contribution < 1.29 is 9.21 Å². The van der Waals surface area contributed by atoms with E-state index in [0.29, 0.717) is 13.0 Å². The molecule has 1 saturated heterocycles. The van der Waals surface area contributed by atoms with E-state index in [1.54, 1.807) is 6.26 Å². The van der Waals surface area contributed by atoms with Crippen molar-refractivity contribution in [3.05, 3.63) is 24.2 Å². The molecule has 0 aromatic carbocycles. The molecule has 0 saturated carbocycles. The first-order chi connectivity index (χ1) is 8.36. The Morgan fingerprint density at radius 1 is 1.35 bits per heavy atom. The van der Waals surface area contributed by atoms with E-state index < -0.39 is 0 Å². The molecule has 4 heteroatoms. The Hall–Kier alpha value is -1.29. The summed E-state index contributed by atoms with van der Waals surface area (Å²) in [5, 5.41) is 3.22. The Bertz CT molecular complexity index is 329. The number of amides is 1. The van der Waals surface area contributed by atoms with Crippen LogP contribution in [0.15, 0.2) is 22.8 Å². The minimum absolute atomic E-state index is 0.275. The van der Waals surface area contributed by atoms with Gasteiger partial charge in [0.25, 0.3) is 0 Å². The first-order valence-electron chi connectivity index (χ1n) is 6.37. The molecule has 94 valence electrons. The second-order valence-corrected chi connectivity index (χ2v) is 4.45. The lowest BCUT2D eigenvalue weighted by atomic mass is 10.1. The van der Waals surface area contributed by atoms with Gasteiger partial charge in [0, 0.05) is 26.1 Å². The maximum absolute atomic E-state index is 11.8. The average molecular weight is 236 g/mol. The summed E-state index contributed by atoms with van der Waals surface area (Å²) in [4.78, 5) is 13.8. The van der Waals surface area contributed by atoms with Crippen molar-refractivity contribution in [2.75, 3.05) is 19.6 Å². The second kappa shape index (κ2) is 6.45.